The molecule has 2 N–H and O–H groups in total. The molecule has 0 aromatic heterocycles. The molecule has 2 unspecified atom stereocenters. The van der Waals surface area contributed by atoms with Crippen LogP contribution in [0.3, 0.4) is 0 Å². The van der Waals surface area contributed by atoms with E-state index in [0.29, 0.717) is 6.42 Å². The van der Waals surface area contributed by atoms with Crippen LogP contribution in [0.15, 0.2) is 0 Å². The number of hydrogen-bond acceptors (Lipinski definition) is 3. The Morgan fingerprint density at radius 2 is 2.16 bits per heavy atom. The molecular weight excluding hydrogens is 248 g/mol. The molecule has 6 nitrogen and oxygen atoms in total. The highest BCUT2D eigenvalue weighted by Gasteiger charge is 2.37. The third-order valence-corrected chi connectivity index (χ3v) is 3.50. The van der Waals surface area contributed by atoms with Crippen molar-refractivity contribution in [3.05, 3.63) is 0 Å². The second-order valence-corrected chi connectivity index (χ2v) is 4.87. The fourth-order valence-corrected chi connectivity index (χ4v) is 2.28. The van der Waals surface area contributed by atoms with Gasteiger partial charge in [-0.3, -0.25) is 9.59 Å². The number of aliphatic carboxylic acids is 1. The summed E-state index contributed by atoms with van der Waals surface area (Å²) in [4.78, 5) is 36.1. The third-order valence-electron chi connectivity index (χ3n) is 3.50. The normalized spacial score (nSPS) is 20.8. The summed E-state index contributed by atoms with van der Waals surface area (Å²) in [5.41, 5.74) is 0. The van der Waals surface area contributed by atoms with Crippen LogP contribution in [0.1, 0.15) is 39.5 Å². The number of unbranched alkanes of at least 4 members (excludes halogenated alkanes) is 1. The maximum atomic E-state index is 12.4. The van der Waals surface area contributed by atoms with Crippen LogP contribution in [-0.2, 0) is 14.4 Å². The zero-order valence-corrected chi connectivity index (χ0v) is 11.5. The summed E-state index contributed by atoms with van der Waals surface area (Å²) < 4.78 is 0. The Balaban J connectivity index is 2.79. The number of carbonyl (C=O) groups excluding carboxylic acids is 2. The number of carbonyl (C=O) groups is 3. The number of hydrogen-bond donors (Lipinski definition) is 2. The highest BCUT2D eigenvalue weighted by Crippen LogP contribution is 2.18. The van der Waals surface area contributed by atoms with Gasteiger partial charge in [-0.2, -0.15) is 0 Å². The molecule has 0 aromatic carbocycles. The molecule has 0 radical (unpaired) electrons. The highest BCUT2D eigenvalue weighted by molar-refractivity contribution is 5.92. The Hall–Kier alpha value is -1.59. The topological polar surface area (TPSA) is 86.7 Å². The van der Waals surface area contributed by atoms with Gasteiger partial charge in [-0.05, 0) is 12.8 Å². The number of piperazine rings is 1. The second kappa shape index (κ2) is 7.11. The quantitative estimate of drug-likeness (QED) is 0.740. The van der Waals surface area contributed by atoms with Crippen molar-refractivity contribution in [2.24, 2.45) is 5.92 Å². The van der Waals surface area contributed by atoms with Gasteiger partial charge in [0.25, 0.3) is 0 Å². The Morgan fingerprint density at radius 3 is 2.68 bits per heavy atom. The highest BCUT2D eigenvalue weighted by atomic mass is 16.4. The summed E-state index contributed by atoms with van der Waals surface area (Å²) in [5.74, 6) is -1.76. The SMILES string of the molecule is CCCCC(CC)C(=O)N1CC(=O)NCC1C(=O)O. The fourth-order valence-electron chi connectivity index (χ4n) is 2.28. The monoisotopic (exact) mass is 270 g/mol. The molecular formula is C13H22N2O4. The van der Waals surface area contributed by atoms with E-state index in [0.717, 1.165) is 19.3 Å². The Labute approximate surface area is 113 Å². The van der Waals surface area contributed by atoms with Crippen LogP contribution in [0.25, 0.3) is 0 Å². The van der Waals surface area contributed by atoms with Gasteiger partial charge in [-0.1, -0.05) is 26.7 Å². The summed E-state index contributed by atoms with van der Waals surface area (Å²) in [5, 5.41) is 11.6. The number of nitrogens with zero attached hydrogens (tertiary/aromatic N) is 1. The van der Waals surface area contributed by atoms with Crippen LogP contribution < -0.4 is 5.32 Å². The maximum absolute atomic E-state index is 12.4. The lowest BCUT2D eigenvalue weighted by Gasteiger charge is -2.35. The molecule has 1 heterocycles. The van der Waals surface area contributed by atoms with E-state index in [1.807, 2.05) is 13.8 Å². The number of nitrogens with one attached hydrogen (secondary N) is 1. The summed E-state index contributed by atoms with van der Waals surface area (Å²) >= 11 is 0. The van der Waals surface area contributed by atoms with Crippen molar-refractivity contribution in [2.45, 2.75) is 45.6 Å². The van der Waals surface area contributed by atoms with Gasteiger partial charge in [0.1, 0.15) is 12.6 Å². The lowest BCUT2D eigenvalue weighted by atomic mass is 9.96. The minimum atomic E-state index is -1.07. The molecule has 1 aliphatic heterocycles. The molecule has 0 aromatic rings. The van der Waals surface area contributed by atoms with Gasteiger partial charge in [-0.15, -0.1) is 0 Å². The minimum absolute atomic E-state index is 0.00980. The average Bonchev–Trinajstić information content (AvgIpc) is 2.38. The van der Waals surface area contributed by atoms with Crippen LogP contribution in [0, 0.1) is 5.92 Å². The van der Waals surface area contributed by atoms with Gasteiger partial charge in [0.05, 0.1) is 0 Å². The van der Waals surface area contributed by atoms with Gasteiger partial charge in [0.2, 0.25) is 11.8 Å². The van der Waals surface area contributed by atoms with E-state index in [2.05, 4.69) is 5.32 Å². The molecule has 0 bridgehead atoms. The molecule has 0 aliphatic carbocycles. The van der Waals surface area contributed by atoms with Crippen molar-refractivity contribution in [3.63, 3.8) is 0 Å². The molecule has 2 amide bonds. The molecule has 2 atom stereocenters. The second-order valence-electron chi connectivity index (χ2n) is 4.87. The number of amides is 2. The van der Waals surface area contributed by atoms with E-state index in [9.17, 15) is 14.4 Å². The first-order valence-electron chi connectivity index (χ1n) is 6.81. The average molecular weight is 270 g/mol. The van der Waals surface area contributed by atoms with Crippen molar-refractivity contribution in [1.82, 2.24) is 10.2 Å². The predicted molar refractivity (Wildman–Crippen MR) is 69.5 cm³/mol. The van der Waals surface area contributed by atoms with E-state index in [-0.39, 0.29) is 30.8 Å². The van der Waals surface area contributed by atoms with Crippen molar-refractivity contribution >= 4 is 17.8 Å². The number of carboxylic acid groups (broad SMARTS) is 1. The van der Waals surface area contributed by atoms with Crippen LogP contribution in [0.4, 0.5) is 0 Å². The van der Waals surface area contributed by atoms with Crippen molar-refractivity contribution in [2.75, 3.05) is 13.1 Å². The third kappa shape index (κ3) is 3.94. The van der Waals surface area contributed by atoms with Crippen molar-refractivity contribution in [1.29, 1.82) is 0 Å². The van der Waals surface area contributed by atoms with Crippen molar-refractivity contribution < 1.29 is 19.5 Å². The van der Waals surface area contributed by atoms with Gasteiger partial charge in [0.15, 0.2) is 0 Å². The number of rotatable bonds is 6. The Bertz CT molecular complexity index is 357. The summed E-state index contributed by atoms with van der Waals surface area (Å²) in [6.45, 7) is 3.80. The van der Waals surface area contributed by atoms with Gasteiger partial charge < -0.3 is 15.3 Å². The summed E-state index contributed by atoms with van der Waals surface area (Å²) in [7, 11) is 0. The van der Waals surface area contributed by atoms with E-state index >= 15 is 0 Å². The zero-order valence-electron chi connectivity index (χ0n) is 11.5. The summed E-state index contributed by atoms with van der Waals surface area (Å²) in [6, 6.07) is -0.944. The van der Waals surface area contributed by atoms with Gasteiger partial charge in [0, 0.05) is 12.5 Å². The maximum Gasteiger partial charge on any atom is 0.328 e. The van der Waals surface area contributed by atoms with Gasteiger partial charge in [-0.25, -0.2) is 4.79 Å². The van der Waals surface area contributed by atoms with E-state index in [4.69, 9.17) is 5.11 Å². The standard InChI is InChI=1S/C13H22N2O4/c1-3-5-6-9(4-2)12(17)15-8-11(16)14-7-10(15)13(18)19/h9-10H,3-8H2,1-2H3,(H,14,16)(H,18,19). The van der Waals surface area contributed by atoms with Crippen LogP contribution >= 0.6 is 0 Å². The van der Waals surface area contributed by atoms with Crippen LogP contribution in [0.5, 0.6) is 0 Å². The largest absolute Gasteiger partial charge is 0.480 e. The minimum Gasteiger partial charge on any atom is -0.480 e. The number of carboxylic acids is 1. The van der Waals surface area contributed by atoms with Crippen LogP contribution in [-0.4, -0.2) is 46.9 Å². The van der Waals surface area contributed by atoms with Crippen LogP contribution in [0.2, 0.25) is 0 Å². The van der Waals surface area contributed by atoms with E-state index in [1.165, 1.54) is 4.90 Å². The van der Waals surface area contributed by atoms with Gasteiger partial charge >= 0.3 is 5.97 Å². The molecule has 19 heavy (non-hydrogen) atoms. The first-order chi connectivity index (χ1) is 9.01. The fraction of sp³-hybridized carbons (Fsp3) is 0.769. The molecule has 0 spiro atoms. The molecule has 1 aliphatic rings. The smallest absolute Gasteiger partial charge is 0.328 e. The molecule has 1 fully saturated rings. The van der Waals surface area contributed by atoms with E-state index in [1.54, 1.807) is 0 Å². The lowest BCUT2D eigenvalue weighted by molar-refractivity contribution is -0.156. The Kier molecular flexibility index (Phi) is 5.79. The zero-order chi connectivity index (χ0) is 14.4. The predicted octanol–water partition coefficient (Wildman–Crippen LogP) is 0.614. The van der Waals surface area contributed by atoms with E-state index < -0.39 is 12.0 Å². The molecule has 108 valence electrons. The lowest BCUT2D eigenvalue weighted by Crippen LogP contribution is -2.60. The molecule has 1 rings (SSSR count). The van der Waals surface area contributed by atoms with Crippen molar-refractivity contribution in [3.8, 4) is 0 Å². The first kappa shape index (κ1) is 15.5. The molecule has 1 saturated heterocycles. The molecule has 0 saturated carbocycles. The summed E-state index contributed by atoms with van der Waals surface area (Å²) in [6.07, 6.45) is 3.34. The Morgan fingerprint density at radius 1 is 1.47 bits per heavy atom. The molecule has 6 heteroatoms. The first-order valence-corrected chi connectivity index (χ1v) is 6.81.